The number of esters is 1. The SMILES string of the molecule is COc1ccc(C)cc1NC(=O)COC(=O)c1cn(-c2ccccc2)nc1-c1ccccc1OC. The summed E-state index contributed by atoms with van der Waals surface area (Å²) in [6.07, 6.45) is 1.58. The van der Waals surface area contributed by atoms with Gasteiger partial charge in [-0.2, -0.15) is 5.10 Å². The number of hydrogen-bond donors (Lipinski definition) is 1. The first-order valence-electron chi connectivity index (χ1n) is 10.9. The molecule has 3 aromatic carbocycles. The largest absolute Gasteiger partial charge is 0.496 e. The van der Waals surface area contributed by atoms with Gasteiger partial charge in [0.25, 0.3) is 5.91 Å². The summed E-state index contributed by atoms with van der Waals surface area (Å²) in [6, 6.07) is 22.1. The molecule has 0 unspecified atom stereocenters. The van der Waals surface area contributed by atoms with Crippen molar-refractivity contribution in [2.45, 2.75) is 6.92 Å². The van der Waals surface area contributed by atoms with Crippen LogP contribution in [0.1, 0.15) is 15.9 Å². The summed E-state index contributed by atoms with van der Waals surface area (Å²) >= 11 is 0. The zero-order valence-corrected chi connectivity index (χ0v) is 19.6. The van der Waals surface area contributed by atoms with Crippen LogP contribution >= 0.6 is 0 Å². The van der Waals surface area contributed by atoms with Gasteiger partial charge < -0.3 is 19.5 Å². The minimum absolute atomic E-state index is 0.208. The van der Waals surface area contributed by atoms with E-state index < -0.39 is 18.5 Å². The summed E-state index contributed by atoms with van der Waals surface area (Å²) in [5.41, 5.74) is 3.45. The molecule has 0 saturated carbocycles. The van der Waals surface area contributed by atoms with Crippen LogP contribution in [0.3, 0.4) is 0 Å². The molecule has 1 amide bonds. The Morgan fingerprint density at radius 3 is 2.37 bits per heavy atom. The monoisotopic (exact) mass is 471 g/mol. The van der Waals surface area contributed by atoms with E-state index >= 15 is 0 Å². The summed E-state index contributed by atoms with van der Waals surface area (Å²) in [5.74, 6) is -0.0991. The molecular weight excluding hydrogens is 446 g/mol. The second-order valence-corrected chi connectivity index (χ2v) is 7.70. The standard InChI is InChI=1S/C27H25N3O5/c1-18-13-14-24(34-3)22(15-18)28-25(31)17-35-27(32)21-16-30(19-9-5-4-6-10-19)29-26(21)20-11-7-8-12-23(20)33-2/h4-16H,17H2,1-3H3,(H,28,31). The normalized spacial score (nSPS) is 10.5. The molecule has 0 atom stereocenters. The topological polar surface area (TPSA) is 91.7 Å². The van der Waals surface area contributed by atoms with Crippen LogP contribution in [0.15, 0.2) is 79.0 Å². The van der Waals surface area contributed by atoms with E-state index in [4.69, 9.17) is 14.2 Å². The molecule has 178 valence electrons. The van der Waals surface area contributed by atoms with Crippen molar-refractivity contribution in [1.29, 1.82) is 0 Å². The molecule has 0 aliphatic carbocycles. The number of amides is 1. The quantitative estimate of drug-likeness (QED) is 0.376. The Morgan fingerprint density at radius 2 is 1.63 bits per heavy atom. The number of methoxy groups -OCH3 is 2. The van der Waals surface area contributed by atoms with Crippen LogP contribution in [0.4, 0.5) is 5.69 Å². The van der Waals surface area contributed by atoms with Gasteiger partial charge in [0.1, 0.15) is 22.8 Å². The summed E-state index contributed by atoms with van der Waals surface area (Å²) < 4.78 is 17.7. The molecule has 0 bridgehead atoms. The number of benzene rings is 3. The lowest BCUT2D eigenvalue weighted by molar-refractivity contribution is -0.119. The number of aromatic nitrogens is 2. The van der Waals surface area contributed by atoms with E-state index in [-0.39, 0.29) is 5.56 Å². The summed E-state index contributed by atoms with van der Waals surface area (Å²) in [4.78, 5) is 25.6. The van der Waals surface area contributed by atoms with E-state index in [1.165, 1.54) is 7.11 Å². The number of carbonyl (C=O) groups excluding carboxylic acids is 2. The number of rotatable bonds is 8. The first-order chi connectivity index (χ1) is 17.0. The van der Waals surface area contributed by atoms with Crippen molar-refractivity contribution in [3.8, 4) is 28.4 Å². The van der Waals surface area contributed by atoms with Gasteiger partial charge in [0.15, 0.2) is 6.61 Å². The Bertz CT molecular complexity index is 1350. The zero-order chi connectivity index (χ0) is 24.8. The van der Waals surface area contributed by atoms with E-state index in [0.717, 1.165) is 11.3 Å². The molecule has 0 aliphatic heterocycles. The number of nitrogens with zero attached hydrogens (tertiary/aromatic N) is 2. The number of aryl methyl sites for hydroxylation is 1. The molecule has 0 aliphatic rings. The van der Waals surface area contributed by atoms with Gasteiger partial charge in [-0.15, -0.1) is 0 Å². The van der Waals surface area contributed by atoms with Gasteiger partial charge in [0.05, 0.1) is 25.6 Å². The minimum Gasteiger partial charge on any atom is -0.496 e. The third-order valence-corrected chi connectivity index (χ3v) is 5.28. The van der Waals surface area contributed by atoms with Crippen LogP contribution < -0.4 is 14.8 Å². The van der Waals surface area contributed by atoms with E-state index in [1.54, 1.807) is 36.2 Å². The molecule has 8 heteroatoms. The average Bonchev–Trinajstić information content (AvgIpc) is 3.33. The van der Waals surface area contributed by atoms with Crippen LogP contribution in [-0.2, 0) is 9.53 Å². The molecule has 4 rings (SSSR count). The lowest BCUT2D eigenvalue weighted by Crippen LogP contribution is -2.21. The van der Waals surface area contributed by atoms with Crippen molar-refractivity contribution >= 4 is 17.6 Å². The van der Waals surface area contributed by atoms with Crippen LogP contribution in [-0.4, -0.2) is 42.5 Å². The van der Waals surface area contributed by atoms with E-state index in [9.17, 15) is 9.59 Å². The maximum absolute atomic E-state index is 13.1. The number of nitrogens with one attached hydrogen (secondary N) is 1. The second-order valence-electron chi connectivity index (χ2n) is 7.70. The van der Waals surface area contributed by atoms with E-state index in [2.05, 4.69) is 10.4 Å². The van der Waals surface area contributed by atoms with Crippen molar-refractivity contribution < 1.29 is 23.8 Å². The van der Waals surface area contributed by atoms with Crippen LogP contribution in [0.25, 0.3) is 16.9 Å². The third-order valence-electron chi connectivity index (χ3n) is 5.28. The lowest BCUT2D eigenvalue weighted by atomic mass is 10.1. The molecule has 8 nitrogen and oxygen atoms in total. The fraction of sp³-hybridized carbons (Fsp3) is 0.148. The Kier molecular flexibility index (Phi) is 7.11. The first kappa shape index (κ1) is 23.6. The van der Waals surface area contributed by atoms with Gasteiger partial charge >= 0.3 is 5.97 Å². The smallest absolute Gasteiger partial charge is 0.342 e. The third kappa shape index (κ3) is 5.33. The molecule has 0 saturated heterocycles. The first-order valence-corrected chi connectivity index (χ1v) is 10.9. The van der Waals surface area contributed by atoms with Crippen molar-refractivity contribution in [3.05, 3.63) is 90.1 Å². The molecule has 1 aromatic heterocycles. The van der Waals surface area contributed by atoms with Crippen molar-refractivity contribution in [2.24, 2.45) is 0 Å². The lowest BCUT2D eigenvalue weighted by Gasteiger charge is -2.11. The summed E-state index contributed by atoms with van der Waals surface area (Å²) in [6.45, 7) is 1.43. The van der Waals surface area contributed by atoms with Gasteiger partial charge in [0.2, 0.25) is 0 Å². The molecular formula is C27H25N3O5. The number of ether oxygens (including phenoxy) is 3. The number of carbonyl (C=O) groups is 2. The van der Waals surface area contributed by atoms with Crippen LogP contribution in [0.5, 0.6) is 11.5 Å². The highest BCUT2D eigenvalue weighted by Crippen LogP contribution is 2.32. The maximum atomic E-state index is 13.1. The van der Waals surface area contributed by atoms with Gasteiger partial charge in [-0.05, 0) is 48.9 Å². The van der Waals surface area contributed by atoms with Crippen LogP contribution in [0, 0.1) is 6.92 Å². The Hall–Kier alpha value is -4.59. The van der Waals surface area contributed by atoms with Gasteiger partial charge in [-0.25, -0.2) is 9.48 Å². The average molecular weight is 472 g/mol. The van der Waals surface area contributed by atoms with Crippen molar-refractivity contribution in [1.82, 2.24) is 9.78 Å². The van der Waals surface area contributed by atoms with Crippen LogP contribution in [0.2, 0.25) is 0 Å². The Morgan fingerprint density at radius 1 is 0.914 bits per heavy atom. The molecule has 1 heterocycles. The number of para-hydroxylation sites is 2. The molecule has 0 radical (unpaired) electrons. The highest BCUT2D eigenvalue weighted by molar-refractivity contribution is 5.99. The number of anilines is 1. The van der Waals surface area contributed by atoms with Gasteiger partial charge in [0, 0.05) is 11.8 Å². The fourth-order valence-corrected chi connectivity index (χ4v) is 3.59. The summed E-state index contributed by atoms with van der Waals surface area (Å²) in [7, 11) is 3.07. The highest BCUT2D eigenvalue weighted by atomic mass is 16.5. The van der Waals surface area contributed by atoms with Gasteiger partial charge in [-0.3, -0.25) is 4.79 Å². The Labute approximate surface area is 203 Å². The second kappa shape index (κ2) is 10.6. The van der Waals surface area contributed by atoms with E-state index in [1.807, 2.05) is 61.5 Å². The zero-order valence-electron chi connectivity index (χ0n) is 19.6. The molecule has 4 aromatic rings. The molecule has 0 spiro atoms. The molecule has 1 N–H and O–H groups in total. The van der Waals surface area contributed by atoms with E-state index in [0.29, 0.717) is 28.4 Å². The minimum atomic E-state index is -0.681. The van der Waals surface area contributed by atoms with Crippen molar-refractivity contribution in [3.63, 3.8) is 0 Å². The van der Waals surface area contributed by atoms with Crippen molar-refractivity contribution in [2.75, 3.05) is 26.1 Å². The predicted octanol–water partition coefficient (Wildman–Crippen LogP) is 4.66. The van der Waals surface area contributed by atoms with Gasteiger partial charge in [-0.1, -0.05) is 36.4 Å². The fourth-order valence-electron chi connectivity index (χ4n) is 3.59. The molecule has 0 fully saturated rings. The number of hydrogen-bond acceptors (Lipinski definition) is 6. The molecule has 35 heavy (non-hydrogen) atoms. The maximum Gasteiger partial charge on any atom is 0.342 e. The highest BCUT2D eigenvalue weighted by Gasteiger charge is 2.23. The summed E-state index contributed by atoms with van der Waals surface area (Å²) in [5, 5.41) is 7.35. The Balaban J connectivity index is 1.58. The predicted molar refractivity (Wildman–Crippen MR) is 132 cm³/mol.